The zero-order valence-corrected chi connectivity index (χ0v) is 17.0. The van der Waals surface area contributed by atoms with Gasteiger partial charge >= 0.3 is 0 Å². The summed E-state index contributed by atoms with van der Waals surface area (Å²) in [6.07, 6.45) is 3.35. The Labute approximate surface area is 166 Å². The molecule has 1 atom stereocenters. The summed E-state index contributed by atoms with van der Waals surface area (Å²) >= 11 is 7.94. The Balaban J connectivity index is 1.80. The first kappa shape index (κ1) is 17.6. The van der Waals surface area contributed by atoms with Crippen LogP contribution in [0.1, 0.15) is 31.4 Å². The Morgan fingerprint density at radius 3 is 2.85 bits per heavy atom. The van der Waals surface area contributed by atoms with E-state index in [0.29, 0.717) is 11.8 Å². The van der Waals surface area contributed by atoms with E-state index in [1.54, 1.807) is 11.3 Å². The standard InChI is InChI=1S/C19H21ClN4O2S/c1-3-19(2)8-11-12(9-26-19)17(24-4-6-25-7-5-24)23-18-13(11)14-15(27-18)16(20)22-10-21-14/h10H,3-9H2,1-2H3/t19-/m0/s1. The first-order valence-electron chi connectivity index (χ1n) is 9.31. The second-order valence-electron chi connectivity index (χ2n) is 7.39. The molecule has 1 saturated heterocycles. The lowest BCUT2D eigenvalue weighted by Gasteiger charge is -2.37. The summed E-state index contributed by atoms with van der Waals surface area (Å²) in [7, 11) is 0. The first-order valence-corrected chi connectivity index (χ1v) is 10.5. The highest BCUT2D eigenvalue weighted by molar-refractivity contribution is 7.26. The molecule has 0 N–H and O–H groups in total. The van der Waals surface area contributed by atoms with E-state index in [2.05, 4.69) is 28.7 Å². The lowest BCUT2D eigenvalue weighted by Crippen LogP contribution is -2.40. The van der Waals surface area contributed by atoms with E-state index in [-0.39, 0.29) is 5.60 Å². The van der Waals surface area contributed by atoms with Crippen molar-refractivity contribution in [3.05, 3.63) is 22.6 Å². The second kappa shape index (κ2) is 6.51. The van der Waals surface area contributed by atoms with E-state index in [4.69, 9.17) is 26.1 Å². The van der Waals surface area contributed by atoms with Crippen LogP contribution in [0.5, 0.6) is 0 Å². The molecule has 8 heteroatoms. The maximum atomic E-state index is 6.36. The van der Waals surface area contributed by atoms with Gasteiger partial charge in [0.25, 0.3) is 0 Å². The summed E-state index contributed by atoms with van der Waals surface area (Å²) in [5.41, 5.74) is 3.23. The second-order valence-corrected chi connectivity index (χ2v) is 8.74. The quantitative estimate of drug-likeness (QED) is 0.602. The van der Waals surface area contributed by atoms with Gasteiger partial charge in [0.05, 0.1) is 35.6 Å². The van der Waals surface area contributed by atoms with Crippen LogP contribution in [0.15, 0.2) is 6.33 Å². The van der Waals surface area contributed by atoms with Crippen LogP contribution in [0.2, 0.25) is 5.15 Å². The summed E-state index contributed by atoms with van der Waals surface area (Å²) in [6, 6.07) is 0. The number of fused-ring (bicyclic) bond motifs is 5. The van der Waals surface area contributed by atoms with E-state index in [0.717, 1.165) is 65.4 Å². The van der Waals surface area contributed by atoms with Crippen molar-refractivity contribution < 1.29 is 9.47 Å². The van der Waals surface area contributed by atoms with Crippen molar-refractivity contribution in [2.45, 2.75) is 38.9 Å². The number of nitrogens with zero attached hydrogens (tertiary/aromatic N) is 4. The third-order valence-electron chi connectivity index (χ3n) is 5.73. The molecule has 5 rings (SSSR count). The zero-order valence-electron chi connectivity index (χ0n) is 15.4. The summed E-state index contributed by atoms with van der Waals surface area (Å²) < 4.78 is 12.7. The smallest absolute Gasteiger partial charge is 0.150 e. The SMILES string of the molecule is CC[C@@]1(C)Cc2c(c(N3CCOCC3)nc3sc4c(Cl)ncnc4c23)CO1. The minimum atomic E-state index is -0.172. The number of pyridine rings is 1. The predicted octanol–water partition coefficient (Wildman–Crippen LogP) is 3.97. The number of aromatic nitrogens is 3. The molecule has 0 aromatic carbocycles. The van der Waals surface area contributed by atoms with Gasteiger partial charge in [-0.05, 0) is 18.9 Å². The topological polar surface area (TPSA) is 60.4 Å². The minimum absolute atomic E-state index is 0.172. The van der Waals surface area contributed by atoms with Gasteiger partial charge in [0.2, 0.25) is 0 Å². The molecule has 0 saturated carbocycles. The van der Waals surface area contributed by atoms with Gasteiger partial charge in [0, 0.05) is 30.5 Å². The maximum absolute atomic E-state index is 6.36. The normalized spacial score (nSPS) is 23.1. The molecule has 6 nitrogen and oxygen atoms in total. The van der Waals surface area contributed by atoms with Gasteiger partial charge in [-0.2, -0.15) is 0 Å². The number of thiophene rings is 1. The molecule has 1 fully saturated rings. The van der Waals surface area contributed by atoms with Crippen LogP contribution < -0.4 is 4.90 Å². The molecule has 0 bridgehead atoms. The fraction of sp³-hybridized carbons (Fsp3) is 0.526. The zero-order chi connectivity index (χ0) is 18.6. The van der Waals surface area contributed by atoms with E-state index in [9.17, 15) is 0 Å². The van der Waals surface area contributed by atoms with Gasteiger partial charge in [-0.3, -0.25) is 0 Å². The molecule has 142 valence electrons. The van der Waals surface area contributed by atoms with Crippen LogP contribution >= 0.6 is 22.9 Å². The third-order valence-corrected chi connectivity index (χ3v) is 7.21. The molecule has 0 unspecified atom stereocenters. The number of ether oxygens (including phenoxy) is 2. The third kappa shape index (κ3) is 2.79. The van der Waals surface area contributed by atoms with E-state index in [1.165, 1.54) is 17.5 Å². The average molecular weight is 405 g/mol. The van der Waals surface area contributed by atoms with Crippen molar-refractivity contribution in [2.75, 3.05) is 31.2 Å². The molecule has 0 radical (unpaired) electrons. The Hall–Kier alpha value is -1.54. The molecule has 3 aromatic heterocycles. The van der Waals surface area contributed by atoms with Crippen molar-refractivity contribution in [3.8, 4) is 0 Å². The highest BCUT2D eigenvalue weighted by Gasteiger charge is 2.35. The van der Waals surface area contributed by atoms with Crippen LogP contribution in [-0.4, -0.2) is 46.9 Å². The van der Waals surface area contributed by atoms with Crippen LogP contribution in [-0.2, 0) is 22.5 Å². The first-order chi connectivity index (χ1) is 13.1. The lowest BCUT2D eigenvalue weighted by atomic mass is 9.87. The number of rotatable bonds is 2. The monoisotopic (exact) mass is 404 g/mol. The van der Waals surface area contributed by atoms with Gasteiger partial charge in [-0.15, -0.1) is 11.3 Å². The Morgan fingerprint density at radius 2 is 2.07 bits per heavy atom. The number of hydrogen-bond acceptors (Lipinski definition) is 7. The summed E-state index contributed by atoms with van der Waals surface area (Å²) in [5.74, 6) is 1.02. The van der Waals surface area contributed by atoms with Crippen molar-refractivity contribution in [1.82, 2.24) is 15.0 Å². The summed E-state index contributed by atoms with van der Waals surface area (Å²) in [6.45, 7) is 8.09. The maximum Gasteiger partial charge on any atom is 0.150 e. The van der Waals surface area contributed by atoms with Crippen molar-refractivity contribution in [1.29, 1.82) is 0 Å². The van der Waals surface area contributed by atoms with Crippen molar-refractivity contribution in [3.63, 3.8) is 0 Å². The summed E-state index contributed by atoms with van der Waals surface area (Å²) in [4.78, 5) is 17.1. The molecule has 5 heterocycles. The van der Waals surface area contributed by atoms with Gasteiger partial charge in [-0.25, -0.2) is 15.0 Å². The van der Waals surface area contributed by atoms with Gasteiger partial charge in [0.1, 0.15) is 22.1 Å². The van der Waals surface area contributed by atoms with Crippen LogP contribution in [0.25, 0.3) is 20.4 Å². The molecule has 0 spiro atoms. The fourth-order valence-corrected chi connectivity index (χ4v) is 5.24. The van der Waals surface area contributed by atoms with Crippen LogP contribution in [0, 0.1) is 0 Å². The Bertz CT molecular complexity index is 1030. The average Bonchev–Trinajstić information content (AvgIpc) is 3.08. The van der Waals surface area contributed by atoms with Gasteiger partial charge in [0.15, 0.2) is 0 Å². The highest BCUT2D eigenvalue weighted by Crippen LogP contribution is 2.44. The van der Waals surface area contributed by atoms with Crippen molar-refractivity contribution in [2.24, 2.45) is 0 Å². The fourth-order valence-electron chi connectivity index (χ4n) is 3.95. The number of morpholine rings is 1. The Morgan fingerprint density at radius 1 is 1.26 bits per heavy atom. The Kier molecular flexibility index (Phi) is 4.23. The molecule has 2 aliphatic heterocycles. The molecule has 2 aliphatic rings. The van der Waals surface area contributed by atoms with E-state index in [1.807, 2.05) is 0 Å². The van der Waals surface area contributed by atoms with Gasteiger partial charge in [-0.1, -0.05) is 18.5 Å². The van der Waals surface area contributed by atoms with Crippen LogP contribution in [0.4, 0.5) is 5.82 Å². The molecular weight excluding hydrogens is 384 g/mol. The molecule has 0 amide bonds. The highest BCUT2D eigenvalue weighted by atomic mass is 35.5. The lowest BCUT2D eigenvalue weighted by molar-refractivity contribution is -0.0558. The number of halogens is 1. The minimum Gasteiger partial charge on any atom is -0.378 e. The number of hydrogen-bond donors (Lipinski definition) is 0. The van der Waals surface area contributed by atoms with Crippen molar-refractivity contribution >= 4 is 49.2 Å². The number of anilines is 1. The summed E-state index contributed by atoms with van der Waals surface area (Å²) in [5, 5.41) is 1.62. The molecule has 0 aliphatic carbocycles. The molecule has 3 aromatic rings. The van der Waals surface area contributed by atoms with E-state index < -0.39 is 0 Å². The van der Waals surface area contributed by atoms with E-state index >= 15 is 0 Å². The molecule has 27 heavy (non-hydrogen) atoms. The van der Waals surface area contributed by atoms with Gasteiger partial charge < -0.3 is 14.4 Å². The van der Waals surface area contributed by atoms with Crippen LogP contribution in [0.3, 0.4) is 0 Å². The molecular formula is C19H21ClN4O2S. The predicted molar refractivity (Wildman–Crippen MR) is 108 cm³/mol. The largest absolute Gasteiger partial charge is 0.378 e.